The number of hydrogen-bond donors (Lipinski definition) is 1. The number of carbonyl (C=O) groups excluding carboxylic acids is 1. The van der Waals surface area contributed by atoms with E-state index in [4.69, 9.17) is 4.74 Å². The van der Waals surface area contributed by atoms with Crippen LogP contribution in [0.25, 0.3) is 0 Å². The van der Waals surface area contributed by atoms with E-state index in [9.17, 15) is 4.79 Å². The lowest BCUT2D eigenvalue weighted by atomic mass is 10.1. The van der Waals surface area contributed by atoms with Crippen LogP contribution in [0.15, 0.2) is 59.5 Å². The molecule has 1 saturated heterocycles. The fourth-order valence-corrected chi connectivity index (χ4v) is 3.93. The first-order valence-electron chi connectivity index (χ1n) is 10.2. The molecule has 1 amide bonds. The molecule has 0 radical (unpaired) electrons. The molecule has 0 saturated carbocycles. The minimum absolute atomic E-state index is 0.0201. The van der Waals surface area contributed by atoms with Crippen LogP contribution < -0.4 is 5.32 Å². The van der Waals surface area contributed by atoms with Crippen molar-refractivity contribution in [3.63, 3.8) is 0 Å². The summed E-state index contributed by atoms with van der Waals surface area (Å²) in [5.74, 6) is 0.0201. The van der Waals surface area contributed by atoms with Crippen molar-refractivity contribution in [1.29, 1.82) is 0 Å². The SMILES string of the molecule is CSc1ccc(NC(=O)CN(Cc2ccccc2)C(C)CN2CCOCC2)cc1. The number of hydrogen-bond acceptors (Lipinski definition) is 5. The number of ether oxygens (including phenoxy) is 1. The lowest BCUT2D eigenvalue weighted by Gasteiger charge is -2.34. The van der Waals surface area contributed by atoms with E-state index in [0.29, 0.717) is 6.54 Å². The van der Waals surface area contributed by atoms with Gasteiger partial charge in [-0.2, -0.15) is 0 Å². The van der Waals surface area contributed by atoms with E-state index < -0.39 is 0 Å². The molecule has 1 aliphatic heterocycles. The number of nitrogens with one attached hydrogen (secondary N) is 1. The van der Waals surface area contributed by atoms with Gasteiger partial charge in [0.15, 0.2) is 0 Å². The molecule has 156 valence electrons. The van der Waals surface area contributed by atoms with Crippen LogP contribution in [0.5, 0.6) is 0 Å². The van der Waals surface area contributed by atoms with Gasteiger partial charge >= 0.3 is 0 Å². The summed E-state index contributed by atoms with van der Waals surface area (Å²) in [5.41, 5.74) is 2.06. The van der Waals surface area contributed by atoms with Gasteiger partial charge in [-0.25, -0.2) is 0 Å². The number of anilines is 1. The van der Waals surface area contributed by atoms with Gasteiger partial charge in [0.05, 0.1) is 19.8 Å². The van der Waals surface area contributed by atoms with Gasteiger partial charge in [0.2, 0.25) is 5.91 Å². The molecule has 1 fully saturated rings. The maximum atomic E-state index is 12.8. The lowest BCUT2D eigenvalue weighted by molar-refractivity contribution is -0.118. The third kappa shape index (κ3) is 7.16. The topological polar surface area (TPSA) is 44.8 Å². The number of carbonyl (C=O) groups is 1. The molecule has 2 aromatic rings. The second-order valence-corrected chi connectivity index (χ2v) is 8.31. The van der Waals surface area contributed by atoms with Crippen LogP contribution in [-0.2, 0) is 16.1 Å². The molecular weight excluding hydrogens is 382 g/mol. The maximum Gasteiger partial charge on any atom is 0.238 e. The molecule has 0 aromatic heterocycles. The number of thioether (sulfide) groups is 1. The summed E-state index contributed by atoms with van der Waals surface area (Å²) in [6.07, 6.45) is 2.05. The molecule has 6 heteroatoms. The molecule has 1 unspecified atom stereocenters. The highest BCUT2D eigenvalue weighted by Crippen LogP contribution is 2.18. The van der Waals surface area contributed by atoms with E-state index in [1.54, 1.807) is 11.8 Å². The Morgan fingerprint density at radius 3 is 2.48 bits per heavy atom. The average Bonchev–Trinajstić information content (AvgIpc) is 2.75. The van der Waals surface area contributed by atoms with Gasteiger partial charge in [-0.05, 0) is 43.0 Å². The van der Waals surface area contributed by atoms with Crippen LogP contribution in [0.3, 0.4) is 0 Å². The van der Waals surface area contributed by atoms with Crippen molar-refractivity contribution < 1.29 is 9.53 Å². The van der Waals surface area contributed by atoms with E-state index in [-0.39, 0.29) is 11.9 Å². The number of morpholine rings is 1. The fourth-order valence-electron chi connectivity index (χ4n) is 3.52. The van der Waals surface area contributed by atoms with Crippen molar-refractivity contribution in [2.75, 3.05) is 51.0 Å². The predicted octanol–water partition coefficient (Wildman–Crippen LogP) is 3.57. The zero-order valence-electron chi connectivity index (χ0n) is 17.3. The van der Waals surface area contributed by atoms with Crippen molar-refractivity contribution in [3.05, 3.63) is 60.2 Å². The summed E-state index contributed by atoms with van der Waals surface area (Å²) < 4.78 is 5.46. The Kier molecular flexibility index (Phi) is 8.55. The second-order valence-electron chi connectivity index (χ2n) is 7.43. The first-order chi connectivity index (χ1) is 14.1. The van der Waals surface area contributed by atoms with E-state index >= 15 is 0 Å². The summed E-state index contributed by atoms with van der Waals surface area (Å²) in [5, 5.41) is 3.04. The van der Waals surface area contributed by atoms with Crippen molar-refractivity contribution in [2.45, 2.75) is 24.4 Å². The Morgan fingerprint density at radius 2 is 1.83 bits per heavy atom. The van der Waals surface area contributed by atoms with Crippen LogP contribution in [0, 0.1) is 0 Å². The highest BCUT2D eigenvalue weighted by atomic mass is 32.2. The van der Waals surface area contributed by atoms with Crippen LogP contribution >= 0.6 is 11.8 Å². The van der Waals surface area contributed by atoms with Crippen molar-refractivity contribution in [2.24, 2.45) is 0 Å². The highest BCUT2D eigenvalue weighted by molar-refractivity contribution is 7.98. The minimum atomic E-state index is 0.0201. The van der Waals surface area contributed by atoms with Crippen molar-refractivity contribution in [1.82, 2.24) is 9.80 Å². The van der Waals surface area contributed by atoms with E-state index in [2.05, 4.69) is 34.2 Å². The molecule has 3 rings (SSSR count). The highest BCUT2D eigenvalue weighted by Gasteiger charge is 2.21. The molecular formula is C23H31N3O2S. The summed E-state index contributed by atoms with van der Waals surface area (Å²) in [4.78, 5) is 18.6. The van der Waals surface area contributed by atoms with Gasteiger partial charge in [-0.1, -0.05) is 30.3 Å². The average molecular weight is 414 g/mol. The largest absolute Gasteiger partial charge is 0.379 e. The van der Waals surface area contributed by atoms with Gasteiger partial charge in [-0.15, -0.1) is 11.8 Å². The zero-order valence-corrected chi connectivity index (χ0v) is 18.2. The molecule has 1 N–H and O–H groups in total. The number of rotatable bonds is 9. The van der Waals surface area contributed by atoms with E-state index in [1.165, 1.54) is 10.5 Å². The number of nitrogens with zero attached hydrogens (tertiary/aromatic N) is 2. The third-order valence-electron chi connectivity index (χ3n) is 5.20. The molecule has 2 aromatic carbocycles. The number of amides is 1. The van der Waals surface area contributed by atoms with E-state index in [1.807, 2.05) is 48.7 Å². The Balaban J connectivity index is 1.63. The predicted molar refractivity (Wildman–Crippen MR) is 120 cm³/mol. The molecule has 5 nitrogen and oxygen atoms in total. The van der Waals surface area contributed by atoms with E-state index in [0.717, 1.165) is 45.1 Å². The molecule has 1 heterocycles. The molecule has 0 bridgehead atoms. The third-order valence-corrected chi connectivity index (χ3v) is 5.94. The fraction of sp³-hybridized carbons (Fsp3) is 0.435. The molecule has 0 aliphatic carbocycles. The van der Waals surface area contributed by atoms with Crippen molar-refractivity contribution in [3.8, 4) is 0 Å². The van der Waals surface area contributed by atoms with Crippen LogP contribution in [0.4, 0.5) is 5.69 Å². The normalized spacial score (nSPS) is 16.0. The lowest BCUT2D eigenvalue weighted by Crippen LogP contribution is -2.47. The first kappa shape index (κ1) is 21.8. The van der Waals surface area contributed by atoms with Crippen LogP contribution in [-0.4, -0.2) is 67.4 Å². The Bertz CT molecular complexity index is 748. The number of benzene rings is 2. The Morgan fingerprint density at radius 1 is 1.14 bits per heavy atom. The van der Waals surface area contributed by atoms with Gasteiger partial charge in [0.25, 0.3) is 0 Å². The maximum absolute atomic E-state index is 12.8. The molecule has 0 spiro atoms. The molecule has 29 heavy (non-hydrogen) atoms. The quantitative estimate of drug-likeness (QED) is 0.637. The summed E-state index contributed by atoms with van der Waals surface area (Å²) in [7, 11) is 0. The van der Waals surface area contributed by atoms with Gasteiger partial charge in [0.1, 0.15) is 0 Å². The monoisotopic (exact) mass is 413 g/mol. The zero-order chi connectivity index (χ0) is 20.5. The standard InChI is InChI=1S/C23H31N3O2S/c1-19(16-25-12-14-28-15-13-25)26(17-20-6-4-3-5-7-20)18-23(27)24-21-8-10-22(29-2)11-9-21/h3-11,19H,12-18H2,1-2H3,(H,24,27). The van der Waals surface area contributed by atoms with Gasteiger partial charge in [-0.3, -0.25) is 14.6 Å². The van der Waals surface area contributed by atoms with Crippen LogP contribution in [0.1, 0.15) is 12.5 Å². The van der Waals surface area contributed by atoms with Gasteiger partial charge in [0, 0.05) is 42.8 Å². The first-order valence-corrected chi connectivity index (χ1v) is 11.4. The van der Waals surface area contributed by atoms with Crippen molar-refractivity contribution >= 4 is 23.4 Å². The molecule has 1 atom stereocenters. The second kappa shape index (κ2) is 11.4. The Labute approximate surface area is 178 Å². The summed E-state index contributed by atoms with van der Waals surface area (Å²) >= 11 is 1.69. The van der Waals surface area contributed by atoms with Crippen LogP contribution in [0.2, 0.25) is 0 Å². The molecule has 1 aliphatic rings. The summed E-state index contributed by atoms with van der Waals surface area (Å²) in [6.45, 7) is 7.76. The van der Waals surface area contributed by atoms with Gasteiger partial charge < -0.3 is 10.1 Å². The smallest absolute Gasteiger partial charge is 0.238 e. The minimum Gasteiger partial charge on any atom is -0.379 e. The Hall–Kier alpha value is -1.86. The summed E-state index contributed by atoms with van der Waals surface area (Å²) in [6, 6.07) is 18.6.